The molecule has 0 radical (unpaired) electrons. The van der Waals surface area contributed by atoms with E-state index in [1.807, 2.05) is 13.8 Å². The minimum atomic E-state index is 0.503. The van der Waals surface area contributed by atoms with Crippen molar-refractivity contribution in [3.05, 3.63) is 76.4 Å². The van der Waals surface area contributed by atoms with Gasteiger partial charge < -0.3 is 0 Å². The summed E-state index contributed by atoms with van der Waals surface area (Å²) in [6.07, 6.45) is 10.1. The summed E-state index contributed by atoms with van der Waals surface area (Å²) < 4.78 is 0. The van der Waals surface area contributed by atoms with Gasteiger partial charge in [-0.25, -0.2) is 0 Å². The van der Waals surface area contributed by atoms with Crippen molar-refractivity contribution in [2.75, 3.05) is 0 Å². The molecular formula is C21H26. The molecule has 1 aromatic carbocycles. The van der Waals surface area contributed by atoms with Crippen molar-refractivity contribution in [1.82, 2.24) is 0 Å². The van der Waals surface area contributed by atoms with Crippen molar-refractivity contribution in [2.45, 2.75) is 41.0 Å². The molecule has 21 heavy (non-hydrogen) atoms. The molecule has 0 amide bonds. The van der Waals surface area contributed by atoms with Gasteiger partial charge in [0.05, 0.1) is 0 Å². The van der Waals surface area contributed by atoms with Crippen LogP contribution in [0.2, 0.25) is 0 Å². The average Bonchev–Trinajstić information content (AvgIpc) is 2.68. The molecule has 2 aliphatic rings. The van der Waals surface area contributed by atoms with Crippen LogP contribution in [0.15, 0.2) is 54.2 Å². The van der Waals surface area contributed by atoms with Crippen LogP contribution < -0.4 is 0 Å². The third-order valence-electron chi connectivity index (χ3n) is 4.26. The Balaban J connectivity index is 0.000000774. The third kappa shape index (κ3) is 2.81. The summed E-state index contributed by atoms with van der Waals surface area (Å²) in [6.45, 7) is 15.0. The van der Waals surface area contributed by atoms with E-state index in [4.69, 9.17) is 0 Å². The highest BCUT2D eigenvalue weighted by atomic mass is 14.3. The molecule has 1 aromatic rings. The van der Waals surface area contributed by atoms with Gasteiger partial charge in [0.15, 0.2) is 0 Å². The van der Waals surface area contributed by atoms with Crippen LogP contribution in [0.1, 0.15) is 43.0 Å². The van der Waals surface area contributed by atoms with Crippen LogP contribution in [-0.2, 0) is 6.42 Å². The van der Waals surface area contributed by atoms with Crippen LogP contribution in [-0.4, -0.2) is 0 Å². The molecule has 0 aromatic heterocycles. The summed E-state index contributed by atoms with van der Waals surface area (Å²) in [6, 6.07) is 4.44. The zero-order valence-corrected chi connectivity index (χ0v) is 14.0. The lowest BCUT2D eigenvalue weighted by Gasteiger charge is -2.25. The van der Waals surface area contributed by atoms with Crippen LogP contribution in [0, 0.1) is 19.8 Å². The summed E-state index contributed by atoms with van der Waals surface area (Å²) >= 11 is 0. The average molecular weight is 278 g/mol. The SMILES string of the molecule is C=C1C2=C(C=CC(C)C=C2)Cc2c(C)ccc(C)c21.CC. The topological polar surface area (TPSA) is 0 Å². The minimum Gasteiger partial charge on any atom is -0.0905 e. The van der Waals surface area contributed by atoms with Crippen LogP contribution in [0.3, 0.4) is 0 Å². The normalized spacial score (nSPS) is 19.5. The fourth-order valence-electron chi connectivity index (χ4n) is 3.07. The van der Waals surface area contributed by atoms with Gasteiger partial charge in [0.1, 0.15) is 0 Å². The zero-order valence-electron chi connectivity index (χ0n) is 14.0. The number of aryl methyl sites for hydroxylation is 2. The molecule has 2 aliphatic carbocycles. The van der Waals surface area contributed by atoms with Crippen molar-refractivity contribution in [3.63, 3.8) is 0 Å². The quantitative estimate of drug-likeness (QED) is 0.549. The highest BCUT2D eigenvalue weighted by molar-refractivity contribution is 5.88. The van der Waals surface area contributed by atoms with E-state index in [1.54, 1.807) is 0 Å². The highest BCUT2D eigenvalue weighted by Gasteiger charge is 2.22. The number of rotatable bonds is 0. The molecule has 0 heteroatoms. The molecule has 0 heterocycles. The zero-order chi connectivity index (χ0) is 15.6. The predicted octanol–water partition coefficient (Wildman–Crippen LogP) is 5.96. The molecule has 0 saturated heterocycles. The van der Waals surface area contributed by atoms with Crippen molar-refractivity contribution in [1.29, 1.82) is 0 Å². The van der Waals surface area contributed by atoms with Crippen LogP contribution in [0.4, 0.5) is 0 Å². The van der Waals surface area contributed by atoms with Gasteiger partial charge in [0, 0.05) is 0 Å². The standard InChI is InChI=1S/C19H20.C2H6/c1-12-5-9-16-11-18-13(2)7-8-14(3)19(18)15(4)17(16)10-6-12;1-2/h5-10,12H,4,11H2,1-3H3;1-2H3. The summed E-state index contributed by atoms with van der Waals surface area (Å²) in [4.78, 5) is 0. The monoisotopic (exact) mass is 278 g/mol. The van der Waals surface area contributed by atoms with Crippen LogP contribution in [0.5, 0.6) is 0 Å². The van der Waals surface area contributed by atoms with Gasteiger partial charge in [-0.05, 0) is 65.2 Å². The number of hydrogen-bond acceptors (Lipinski definition) is 0. The first-order valence-electron chi connectivity index (χ1n) is 7.96. The summed E-state index contributed by atoms with van der Waals surface area (Å²) in [5.74, 6) is 0.503. The van der Waals surface area contributed by atoms with E-state index in [2.05, 4.69) is 63.8 Å². The molecule has 0 aliphatic heterocycles. The van der Waals surface area contributed by atoms with Gasteiger partial charge >= 0.3 is 0 Å². The maximum atomic E-state index is 4.37. The third-order valence-corrected chi connectivity index (χ3v) is 4.26. The Morgan fingerprint density at radius 3 is 2.33 bits per heavy atom. The molecule has 1 atom stereocenters. The first-order chi connectivity index (χ1) is 10.1. The van der Waals surface area contributed by atoms with E-state index >= 15 is 0 Å². The van der Waals surface area contributed by atoms with Gasteiger partial charge in [-0.2, -0.15) is 0 Å². The lowest BCUT2D eigenvalue weighted by atomic mass is 9.79. The lowest BCUT2D eigenvalue weighted by Crippen LogP contribution is -2.09. The maximum Gasteiger partial charge on any atom is -0.00108 e. The molecular weight excluding hydrogens is 252 g/mol. The van der Waals surface area contributed by atoms with Crippen LogP contribution >= 0.6 is 0 Å². The summed E-state index contributed by atoms with van der Waals surface area (Å²) in [5.41, 5.74) is 9.46. The fraction of sp³-hybridized carbons (Fsp3) is 0.333. The highest BCUT2D eigenvalue weighted by Crippen LogP contribution is 2.39. The molecule has 0 N–H and O–H groups in total. The molecule has 110 valence electrons. The maximum absolute atomic E-state index is 4.37. The predicted molar refractivity (Wildman–Crippen MR) is 94.5 cm³/mol. The summed E-state index contributed by atoms with van der Waals surface area (Å²) in [5, 5.41) is 0. The van der Waals surface area contributed by atoms with Gasteiger partial charge in [0.25, 0.3) is 0 Å². The van der Waals surface area contributed by atoms with E-state index < -0.39 is 0 Å². The smallest absolute Gasteiger partial charge is 0.00108 e. The number of benzene rings is 1. The van der Waals surface area contributed by atoms with Crippen molar-refractivity contribution >= 4 is 5.57 Å². The number of hydrogen-bond donors (Lipinski definition) is 0. The molecule has 0 bridgehead atoms. The van der Waals surface area contributed by atoms with Gasteiger partial charge in [-0.1, -0.05) is 63.8 Å². The second-order valence-electron chi connectivity index (χ2n) is 5.72. The minimum absolute atomic E-state index is 0.503. The number of allylic oxidation sites excluding steroid dienone is 7. The molecule has 3 rings (SSSR count). The van der Waals surface area contributed by atoms with Gasteiger partial charge in [-0.3, -0.25) is 0 Å². The Morgan fingerprint density at radius 2 is 1.62 bits per heavy atom. The second-order valence-corrected chi connectivity index (χ2v) is 5.72. The molecule has 0 spiro atoms. The summed E-state index contributed by atoms with van der Waals surface area (Å²) in [7, 11) is 0. The largest absolute Gasteiger partial charge is 0.0905 e. The van der Waals surface area contributed by atoms with E-state index in [1.165, 1.54) is 39.0 Å². The Hall–Kier alpha value is -1.82. The van der Waals surface area contributed by atoms with E-state index in [9.17, 15) is 0 Å². The molecule has 0 fully saturated rings. The Morgan fingerprint density at radius 1 is 1.00 bits per heavy atom. The molecule has 1 unspecified atom stereocenters. The van der Waals surface area contributed by atoms with Gasteiger partial charge in [0.2, 0.25) is 0 Å². The first-order valence-corrected chi connectivity index (χ1v) is 7.96. The van der Waals surface area contributed by atoms with Crippen molar-refractivity contribution in [2.24, 2.45) is 5.92 Å². The van der Waals surface area contributed by atoms with Crippen LogP contribution in [0.25, 0.3) is 5.57 Å². The molecule has 0 saturated carbocycles. The van der Waals surface area contributed by atoms with E-state index in [0.29, 0.717) is 5.92 Å². The van der Waals surface area contributed by atoms with E-state index in [0.717, 1.165) is 6.42 Å². The Labute approximate surface area is 129 Å². The number of fused-ring (bicyclic) bond motifs is 1. The second kappa shape index (κ2) is 6.30. The Kier molecular flexibility index (Phi) is 4.67. The Bertz CT molecular complexity index is 651. The fourth-order valence-corrected chi connectivity index (χ4v) is 3.07. The molecule has 0 nitrogen and oxygen atoms in total. The lowest BCUT2D eigenvalue weighted by molar-refractivity contribution is 0.941. The first kappa shape index (κ1) is 15.6. The van der Waals surface area contributed by atoms with E-state index in [-0.39, 0.29) is 0 Å². The van der Waals surface area contributed by atoms with Crippen molar-refractivity contribution in [3.8, 4) is 0 Å². The van der Waals surface area contributed by atoms with Gasteiger partial charge in [-0.15, -0.1) is 0 Å². The van der Waals surface area contributed by atoms with Crippen molar-refractivity contribution < 1.29 is 0 Å².